The van der Waals surface area contributed by atoms with E-state index in [4.69, 9.17) is 4.98 Å². The average molecular weight is 345 g/mol. The number of hydrogen-bond acceptors (Lipinski definition) is 2. The highest BCUT2D eigenvalue weighted by Crippen LogP contribution is 2.29. The number of nitrogens with one attached hydrogen (secondary N) is 1. The molecular weight excluding hydrogens is 322 g/mol. The highest BCUT2D eigenvalue weighted by Gasteiger charge is 2.22. The van der Waals surface area contributed by atoms with Crippen LogP contribution in [0.1, 0.15) is 37.2 Å². The van der Waals surface area contributed by atoms with Crippen molar-refractivity contribution in [2.45, 2.75) is 33.6 Å². The number of imidazole rings is 1. The summed E-state index contributed by atoms with van der Waals surface area (Å²) in [5, 5.41) is 2.94. The molecule has 4 rings (SSSR count). The Labute approximate surface area is 153 Å². The second-order valence-electron chi connectivity index (χ2n) is 6.70. The summed E-state index contributed by atoms with van der Waals surface area (Å²) in [6, 6.07) is 14.7. The van der Waals surface area contributed by atoms with Gasteiger partial charge in [-0.1, -0.05) is 32.0 Å². The largest absolute Gasteiger partial charge is 0.348 e. The predicted molar refractivity (Wildman–Crippen MR) is 105 cm³/mol. The molecule has 132 valence electrons. The van der Waals surface area contributed by atoms with Crippen molar-refractivity contribution in [3.63, 3.8) is 0 Å². The van der Waals surface area contributed by atoms with E-state index in [-0.39, 0.29) is 5.91 Å². The van der Waals surface area contributed by atoms with Crippen molar-refractivity contribution in [1.82, 2.24) is 14.9 Å². The van der Waals surface area contributed by atoms with E-state index in [2.05, 4.69) is 60.1 Å². The van der Waals surface area contributed by atoms with Crippen LogP contribution in [0.4, 0.5) is 0 Å². The van der Waals surface area contributed by atoms with Crippen LogP contribution in [0.15, 0.2) is 48.0 Å². The van der Waals surface area contributed by atoms with Gasteiger partial charge < -0.3 is 5.32 Å². The van der Waals surface area contributed by atoms with Crippen molar-refractivity contribution < 1.29 is 4.79 Å². The SMILES string of the molecule is CCC1=C(c2ccc(-n3c(CC)nc4ccccc43)c(C)c2)CNC1=O. The van der Waals surface area contributed by atoms with Crippen LogP contribution in [0.5, 0.6) is 0 Å². The van der Waals surface area contributed by atoms with Gasteiger partial charge in [0.25, 0.3) is 0 Å². The van der Waals surface area contributed by atoms with Crippen molar-refractivity contribution in [1.29, 1.82) is 0 Å². The third kappa shape index (κ3) is 2.53. The molecule has 4 heteroatoms. The zero-order valence-corrected chi connectivity index (χ0v) is 15.5. The van der Waals surface area contributed by atoms with Crippen molar-refractivity contribution in [2.24, 2.45) is 0 Å². The summed E-state index contributed by atoms with van der Waals surface area (Å²) in [5.74, 6) is 1.13. The van der Waals surface area contributed by atoms with Gasteiger partial charge >= 0.3 is 0 Å². The lowest BCUT2D eigenvalue weighted by molar-refractivity contribution is -0.116. The minimum atomic E-state index is 0.0677. The second kappa shape index (κ2) is 6.45. The van der Waals surface area contributed by atoms with Gasteiger partial charge in [0, 0.05) is 18.5 Å². The molecule has 1 N–H and O–H groups in total. The third-order valence-electron chi connectivity index (χ3n) is 5.15. The van der Waals surface area contributed by atoms with Crippen molar-refractivity contribution in [3.8, 4) is 5.69 Å². The second-order valence-corrected chi connectivity index (χ2v) is 6.70. The van der Waals surface area contributed by atoms with Gasteiger partial charge in [-0.3, -0.25) is 9.36 Å². The number of rotatable bonds is 4. The summed E-state index contributed by atoms with van der Waals surface area (Å²) in [7, 11) is 0. The van der Waals surface area contributed by atoms with Crippen LogP contribution in [-0.4, -0.2) is 22.0 Å². The molecular formula is C22H23N3O. The smallest absolute Gasteiger partial charge is 0.247 e. The summed E-state index contributed by atoms with van der Waals surface area (Å²) < 4.78 is 2.25. The molecule has 0 saturated carbocycles. The Kier molecular flexibility index (Phi) is 4.11. The lowest BCUT2D eigenvalue weighted by Gasteiger charge is -2.14. The van der Waals surface area contributed by atoms with Gasteiger partial charge in [0.2, 0.25) is 5.91 Å². The monoisotopic (exact) mass is 345 g/mol. The Morgan fingerprint density at radius 2 is 1.92 bits per heavy atom. The van der Waals surface area contributed by atoms with Gasteiger partial charge in [-0.15, -0.1) is 0 Å². The van der Waals surface area contributed by atoms with E-state index in [9.17, 15) is 4.79 Å². The summed E-state index contributed by atoms with van der Waals surface area (Å²) >= 11 is 0. The lowest BCUT2D eigenvalue weighted by atomic mass is 9.98. The predicted octanol–water partition coefficient (Wildman–Crippen LogP) is 4.19. The third-order valence-corrected chi connectivity index (χ3v) is 5.15. The minimum Gasteiger partial charge on any atom is -0.348 e. The van der Waals surface area contributed by atoms with Crippen LogP contribution in [0, 0.1) is 6.92 Å². The van der Waals surface area contributed by atoms with Crippen LogP contribution >= 0.6 is 0 Å². The summed E-state index contributed by atoms with van der Waals surface area (Å²) in [5.41, 5.74) is 7.64. The Hall–Kier alpha value is -2.88. The normalized spacial score (nSPS) is 14.3. The van der Waals surface area contributed by atoms with Crippen LogP contribution in [-0.2, 0) is 11.2 Å². The van der Waals surface area contributed by atoms with Gasteiger partial charge in [-0.25, -0.2) is 4.98 Å². The van der Waals surface area contributed by atoms with E-state index in [1.54, 1.807) is 0 Å². The molecule has 0 saturated heterocycles. The molecule has 0 unspecified atom stereocenters. The van der Waals surface area contributed by atoms with Crippen LogP contribution in [0.2, 0.25) is 0 Å². The number of benzene rings is 2. The fourth-order valence-corrected chi connectivity index (χ4v) is 3.85. The fraction of sp³-hybridized carbons (Fsp3) is 0.273. The van der Waals surface area contributed by atoms with E-state index >= 15 is 0 Å². The van der Waals surface area contributed by atoms with Crippen molar-refractivity contribution in [3.05, 3.63) is 65.0 Å². The molecule has 1 amide bonds. The molecule has 0 radical (unpaired) electrons. The molecule has 0 fully saturated rings. The molecule has 0 bridgehead atoms. The number of para-hydroxylation sites is 2. The fourth-order valence-electron chi connectivity index (χ4n) is 3.85. The van der Waals surface area contributed by atoms with E-state index in [0.717, 1.165) is 52.1 Å². The van der Waals surface area contributed by atoms with Gasteiger partial charge in [-0.2, -0.15) is 0 Å². The number of amides is 1. The number of fused-ring (bicyclic) bond motifs is 1. The Balaban J connectivity index is 1.86. The van der Waals surface area contributed by atoms with Crippen molar-refractivity contribution in [2.75, 3.05) is 6.54 Å². The van der Waals surface area contributed by atoms with Gasteiger partial charge in [0.05, 0.1) is 16.7 Å². The Bertz CT molecular complexity index is 1040. The molecule has 0 atom stereocenters. The first-order chi connectivity index (χ1) is 12.6. The first-order valence-electron chi connectivity index (χ1n) is 9.22. The molecule has 26 heavy (non-hydrogen) atoms. The molecule has 0 aliphatic carbocycles. The van der Waals surface area contributed by atoms with Crippen LogP contribution < -0.4 is 5.32 Å². The first-order valence-corrected chi connectivity index (χ1v) is 9.22. The quantitative estimate of drug-likeness (QED) is 0.771. The standard InChI is InChI=1S/C22H23N3O/c1-4-16-17(13-23-22(16)26)15-10-11-19(14(3)12-15)25-20-9-7-6-8-18(20)24-21(25)5-2/h6-12H,4-5,13H2,1-3H3,(H,23,26). The van der Waals surface area contributed by atoms with Gasteiger partial charge in [-0.05, 0) is 54.3 Å². The van der Waals surface area contributed by atoms with Crippen molar-refractivity contribution >= 4 is 22.5 Å². The zero-order valence-electron chi connectivity index (χ0n) is 15.5. The number of carbonyl (C=O) groups excluding carboxylic acids is 1. The summed E-state index contributed by atoms with van der Waals surface area (Å²) in [6.45, 7) is 6.92. The number of nitrogens with zero attached hydrogens (tertiary/aromatic N) is 2. The lowest BCUT2D eigenvalue weighted by Crippen LogP contribution is -2.17. The molecule has 1 aliphatic rings. The zero-order chi connectivity index (χ0) is 18.3. The summed E-state index contributed by atoms with van der Waals surface area (Å²) in [6.07, 6.45) is 1.63. The van der Waals surface area contributed by atoms with Gasteiger partial charge in [0.1, 0.15) is 5.82 Å². The number of aryl methyl sites for hydroxylation is 2. The van der Waals surface area contributed by atoms with Gasteiger partial charge in [0.15, 0.2) is 0 Å². The highest BCUT2D eigenvalue weighted by molar-refractivity contribution is 6.06. The van der Waals surface area contributed by atoms with Crippen LogP contribution in [0.25, 0.3) is 22.3 Å². The van der Waals surface area contributed by atoms with E-state index in [1.165, 1.54) is 5.56 Å². The molecule has 1 aliphatic heterocycles. The molecule has 4 nitrogen and oxygen atoms in total. The van der Waals surface area contributed by atoms with E-state index < -0.39 is 0 Å². The number of hydrogen-bond donors (Lipinski definition) is 1. The molecule has 3 aromatic rings. The molecule has 0 spiro atoms. The molecule has 2 heterocycles. The average Bonchev–Trinajstić information content (AvgIpc) is 3.21. The number of aromatic nitrogens is 2. The number of carbonyl (C=O) groups is 1. The minimum absolute atomic E-state index is 0.0677. The topological polar surface area (TPSA) is 46.9 Å². The first kappa shape index (κ1) is 16.6. The maximum atomic E-state index is 12.0. The van der Waals surface area contributed by atoms with E-state index in [1.807, 2.05) is 13.0 Å². The Morgan fingerprint density at radius 3 is 2.65 bits per heavy atom. The van der Waals surface area contributed by atoms with E-state index in [0.29, 0.717) is 6.54 Å². The maximum absolute atomic E-state index is 12.0. The Morgan fingerprint density at radius 1 is 1.12 bits per heavy atom. The summed E-state index contributed by atoms with van der Waals surface area (Å²) in [4.78, 5) is 16.8. The molecule has 2 aromatic carbocycles. The van der Waals surface area contributed by atoms with Crippen LogP contribution in [0.3, 0.4) is 0 Å². The highest BCUT2D eigenvalue weighted by atomic mass is 16.1. The molecule has 1 aromatic heterocycles. The maximum Gasteiger partial charge on any atom is 0.247 e.